The Morgan fingerprint density at radius 1 is 1.33 bits per heavy atom. The summed E-state index contributed by atoms with van der Waals surface area (Å²) in [4.78, 5) is 28.3. The number of hydrogen-bond donors (Lipinski definition) is 1. The molecule has 1 aliphatic rings. The maximum absolute atomic E-state index is 12.3. The Balaban J connectivity index is 1.83. The molecular formula is C15H10Cl2N2O2. The Morgan fingerprint density at radius 2 is 2.14 bits per heavy atom. The molecule has 4 nitrogen and oxygen atoms in total. The summed E-state index contributed by atoms with van der Waals surface area (Å²) < 4.78 is 0. The molecule has 0 radical (unpaired) electrons. The van der Waals surface area contributed by atoms with Crippen LogP contribution in [0.15, 0.2) is 36.7 Å². The SMILES string of the molecule is O=C(NC1Cc2cc(Cl)cc(Cl)c2C1=O)c1cccnc1. The van der Waals surface area contributed by atoms with E-state index in [-0.39, 0.29) is 11.7 Å². The topological polar surface area (TPSA) is 59.1 Å². The second kappa shape index (κ2) is 5.47. The second-order valence-electron chi connectivity index (χ2n) is 4.76. The first-order chi connectivity index (χ1) is 10.1. The predicted molar refractivity (Wildman–Crippen MR) is 80.0 cm³/mol. The molecule has 21 heavy (non-hydrogen) atoms. The van der Waals surface area contributed by atoms with Crippen molar-refractivity contribution in [3.8, 4) is 0 Å². The number of nitrogens with one attached hydrogen (secondary N) is 1. The molecule has 0 bridgehead atoms. The first kappa shape index (κ1) is 14.0. The average molecular weight is 321 g/mol. The van der Waals surface area contributed by atoms with E-state index in [1.165, 1.54) is 12.3 Å². The van der Waals surface area contributed by atoms with Crippen molar-refractivity contribution in [2.45, 2.75) is 12.5 Å². The Labute approximate surface area is 131 Å². The van der Waals surface area contributed by atoms with Crippen LogP contribution in [0.5, 0.6) is 0 Å². The third-order valence-electron chi connectivity index (χ3n) is 3.35. The number of nitrogens with zero attached hydrogens (tertiary/aromatic N) is 1. The molecule has 1 aromatic heterocycles. The van der Waals surface area contributed by atoms with Gasteiger partial charge in [-0.2, -0.15) is 0 Å². The number of Topliss-reactive ketones (excluding diaryl/α,β-unsaturated/α-hetero) is 1. The molecule has 2 aromatic rings. The first-order valence-corrected chi connectivity index (χ1v) is 7.05. The van der Waals surface area contributed by atoms with E-state index in [0.717, 1.165) is 5.56 Å². The summed E-state index contributed by atoms with van der Waals surface area (Å²) in [5.41, 5.74) is 1.61. The summed E-state index contributed by atoms with van der Waals surface area (Å²) in [6, 6.07) is 5.92. The van der Waals surface area contributed by atoms with Crippen LogP contribution in [-0.4, -0.2) is 22.7 Å². The Bertz CT molecular complexity index is 732. The van der Waals surface area contributed by atoms with Crippen molar-refractivity contribution >= 4 is 34.9 Å². The van der Waals surface area contributed by atoms with Gasteiger partial charge in [0.25, 0.3) is 5.91 Å². The van der Waals surface area contributed by atoms with Gasteiger partial charge in [0.2, 0.25) is 0 Å². The lowest BCUT2D eigenvalue weighted by atomic mass is 10.1. The molecule has 106 valence electrons. The molecule has 0 aliphatic heterocycles. The third-order valence-corrected chi connectivity index (χ3v) is 3.87. The highest BCUT2D eigenvalue weighted by molar-refractivity contribution is 6.37. The number of amides is 1. The number of carbonyl (C=O) groups excluding carboxylic acids is 2. The number of pyridine rings is 1. The van der Waals surface area contributed by atoms with Crippen molar-refractivity contribution in [2.75, 3.05) is 0 Å². The number of fused-ring (bicyclic) bond motifs is 1. The van der Waals surface area contributed by atoms with Gasteiger partial charge >= 0.3 is 0 Å². The zero-order chi connectivity index (χ0) is 15.0. The Kier molecular flexibility index (Phi) is 3.66. The van der Waals surface area contributed by atoms with Crippen molar-refractivity contribution in [3.63, 3.8) is 0 Å². The van der Waals surface area contributed by atoms with Crippen molar-refractivity contribution in [2.24, 2.45) is 0 Å². The largest absolute Gasteiger partial charge is 0.341 e. The predicted octanol–water partition coefficient (Wildman–Crippen LogP) is 2.93. The smallest absolute Gasteiger partial charge is 0.253 e. The van der Waals surface area contributed by atoms with Crippen LogP contribution in [0.2, 0.25) is 10.0 Å². The van der Waals surface area contributed by atoms with E-state index in [1.807, 2.05) is 0 Å². The van der Waals surface area contributed by atoms with Crippen LogP contribution < -0.4 is 5.32 Å². The summed E-state index contributed by atoms with van der Waals surface area (Å²) in [6.45, 7) is 0. The monoisotopic (exact) mass is 320 g/mol. The quantitative estimate of drug-likeness (QED) is 0.925. The maximum Gasteiger partial charge on any atom is 0.253 e. The van der Waals surface area contributed by atoms with Crippen molar-refractivity contribution in [1.29, 1.82) is 0 Å². The van der Waals surface area contributed by atoms with Gasteiger partial charge in [-0.3, -0.25) is 14.6 Å². The number of ketones is 1. The fraction of sp³-hybridized carbons (Fsp3) is 0.133. The number of rotatable bonds is 2. The van der Waals surface area contributed by atoms with Crippen LogP contribution in [0.3, 0.4) is 0 Å². The lowest BCUT2D eigenvalue weighted by Gasteiger charge is -2.10. The van der Waals surface area contributed by atoms with Crippen LogP contribution in [0.4, 0.5) is 0 Å². The second-order valence-corrected chi connectivity index (χ2v) is 5.60. The summed E-state index contributed by atoms with van der Waals surface area (Å²) in [6.07, 6.45) is 3.42. The number of carbonyl (C=O) groups is 2. The van der Waals surface area contributed by atoms with Gasteiger partial charge in [0.15, 0.2) is 5.78 Å². The minimum absolute atomic E-state index is 0.191. The molecule has 1 amide bonds. The van der Waals surface area contributed by atoms with Crippen molar-refractivity contribution in [1.82, 2.24) is 10.3 Å². The molecule has 6 heteroatoms. The number of benzene rings is 1. The Hall–Kier alpha value is -1.91. The van der Waals surface area contributed by atoms with Crippen LogP contribution in [0.25, 0.3) is 0 Å². The van der Waals surface area contributed by atoms with Gasteiger partial charge in [0.05, 0.1) is 16.6 Å². The highest BCUT2D eigenvalue weighted by Crippen LogP contribution is 2.32. The molecule has 0 saturated heterocycles. The molecule has 3 rings (SSSR count). The third kappa shape index (κ3) is 2.64. The maximum atomic E-state index is 12.3. The lowest BCUT2D eigenvalue weighted by Crippen LogP contribution is -2.39. The molecule has 1 atom stereocenters. The van der Waals surface area contributed by atoms with E-state index in [9.17, 15) is 9.59 Å². The van der Waals surface area contributed by atoms with E-state index >= 15 is 0 Å². The molecule has 0 fully saturated rings. The standard InChI is InChI=1S/C15H10Cl2N2O2/c16-10-4-9-5-12(14(20)13(9)11(17)6-10)19-15(21)8-2-1-3-18-7-8/h1-4,6-7,12H,5H2,(H,19,21). The van der Waals surface area contributed by atoms with Gasteiger partial charge in [-0.25, -0.2) is 0 Å². The minimum atomic E-state index is -0.622. The Morgan fingerprint density at radius 3 is 2.86 bits per heavy atom. The summed E-state index contributed by atoms with van der Waals surface area (Å²) >= 11 is 12.0. The summed E-state index contributed by atoms with van der Waals surface area (Å²) in [5.74, 6) is -0.527. The number of halogens is 2. The van der Waals surface area contributed by atoms with Crippen LogP contribution in [0, 0.1) is 0 Å². The molecule has 1 heterocycles. The fourth-order valence-corrected chi connectivity index (χ4v) is 3.03. The molecule has 1 aromatic carbocycles. The first-order valence-electron chi connectivity index (χ1n) is 6.29. The van der Waals surface area contributed by atoms with Crippen LogP contribution in [0.1, 0.15) is 26.3 Å². The molecular weight excluding hydrogens is 311 g/mol. The van der Waals surface area contributed by atoms with E-state index in [4.69, 9.17) is 23.2 Å². The number of hydrogen-bond acceptors (Lipinski definition) is 3. The summed E-state index contributed by atoms with van der Waals surface area (Å²) in [7, 11) is 0. The van der Waals surface area contributed by atoms with E-state index in [0.29, 0.717) is 27.6 Å². The molecule has 1 N–H and O–H groups in total. The van der Waals surface area contributed by atoms with E-state index in [1.54, 1.807) is 24.4 Å². The summed E-state index contributed by atoms with van der Waals surface area (Å²) in [5, 5.41) is 3.51. The minimum Gasteiger partial charge on any atom is -0.341 e. The fourth-order valence-electron chi connectivity index (χ4n) is 2.41. The molecule has 0 spiro atoms. The van der Waals surface area contributed by atoms with Gasteiger partial charge < -0.3 is 5.32 Å². The highest BCUT2D eigenvalue weighted by Gasteiger charge is 2.34. The van der Waals surface area contributed by atoms with Gasteiger partial charge in [-0.15, -0.1) is 0 Å². The average Bonchev–Trinajstić information content (AvgIpc) is 2.76. The van der Waals surface area contributed by atoms with Gasteiger partial charge in [-0.05, 0) is 29.8 Å². The molecule has 1 unspecified atom stereocenters. The van der Waals surface area contributed by atoms with Crippen LogP contribution in [-0.2, 0) is 6.42 Å². The van der Waals surface area contributed by atoms with E-state index in [2.05, 4.69) is 10.3 Å². The molecule has 0 saturated carbocycles. The van der Waals surface area contributed by atoms with E-state index < -0.39 is 6.04 Å². The zero-order valence-electron chi connectivity index (χ0n) is 10.8. The highest BCUT2D eigenvalue weighted by atomic mass is 35.5. The number of aromatic nitrogens is 1. The normalized spacial score (nSPS) is 16.7. The van der Waals surface area contributed by atoms with Gasteiger partial charge in [-0.1, -0.05) is 23.2 Å². The zero-order valence-corrected chi connectivity index (χ0v) is 12.3. The van der Waals surface area contributed by atoms with Crippen molar-refractivity contribution < 1.29 is 9.59 Å². The van der Waals surface area contributed by atoms with Gasteiger partial charge in [0.1, 0.15) is 0 Å². The van der Waals surface area contributed by atoms with Crippen LogP contribution >= 0.6 is 23.2 Å². The van der Waals surface area contributed by atoms with Gasteiger partial charge in [0, 0.05) is 29.4 Å². The molecule has 1 aliphatic carbocycles. The lowest BCUT2D eigenvalue weighted by molar-refractivity contribution is 0.0868. The van der Waals surface area contributed by atoms with Crippen molar-refractivity contribution in [3.05, 3.63) is 63.4 Å².